The van der Waals surface area contributed by atoms with Crippen molar-refractivity contribution >= 4 is 17.0 Å². The Kier molecular flexibility index (Phi) is 3.00. The molecule has 0 aliphatic rings. The van der Waals surface area contributed by atoms with Crippen molar-refractivity contribution in [3.63, 3.8) is 0 Å². The Bertz CT molecular complexity index is 544. The lowest BCUT2D eigenvalue weighted by Crippen LogP contribution is -2.11. The minimum atomic E-state index is -0.876. The number of nitrogen functional groups attached to an aromatic ring is 1. The molecule has 2 rings (SSSR count). The third kappa shape index (κ3) is 1.75. The van der Waals surface area contributed by atoms with Gasteiger partial charge in [0.25, 0.3) is 0 Å². The van der Waals surface area contributed by atoms with E-state index in [0.717, 1.165) is 18.9 Å². The zero-order valence-electron chi connectivity index (χ0n) is 9.87. The van der Waals surface area contributed by atoms with Gasteiger partial charge in [0.05, 0.1) is 5.52 Å². The second kappa shape index (κ2) is 4.31. The van der Waals surface area contributed by atoms with E-state index in [1.165, 1.54) is 6.07 Å². The lowest BCUT2D eigenvalue weighted by molar-refractivity contribution is 0.471. The fourth-order valence-corrected chi connectivity index (χ4v) is 2.16. The van der Waals surface area contributed by atoms with Crippen LogP contribution in [0.25, 0.3) is 11.0 Å². The van der Waals surface area contributed by atoms with Crippen LogP contribution >= 0.6 is 0 Å². The smallest absolute Gasteiger partial charge is 0.201 e. The Hall–Kier alpha value is -1.65. The lowest BCUT2D eigenvalue weighted by atomic mass is 10.1. The van der Waals surface area contributed by atoms with Gasteiger partial charge in [0.2, 0.25) is 5.95 Å². The van der Waals surface area contributed by atoms with Crippen molar-refractivity contribution in [2.75, 3.05) is 5.73 Å². The third-order valence-electron chi connectivity index (χ3n) is 3.08. The average Bonchev–Trinajstić information content (AvgIpc) is 2.64. The van der Waals surface area contributed by atoms with E-state index in [-0.39, 0.29) is 17.5 Å². The number of fused-ring (bicyclic) bond motifs is 1. The normalized spacial score (nSPS) is 11.6. The van der Waals surface area contributed by atoms with Gasteiger partial charge in [-0.05, 0) is 25.0 Å². The molecule has 0 spiro atoms. The van der Waals surface area contributed by atoms with Crippen LogP contribution in [0.4, 0.5) is 14.7 Å². The van der Waals surface area contributed by atoms with Gasteiger partial charge in [-0.15, -0.1) is 0 Å². The van der Waals surface area contributed by atoms with Crippen molar-refractivity contribution in [2.45, 2.75) is 32.7 Å². The summed E-state index contributed by atoms with van der Waals surface area (Å²) in [5.41, 5.74) is 6.35. The first-order chi connectivity index (χ1) is 8.10. The van der Waals surface area contributed by atoms with Crippen LogP contribution in [0.15, 0.2) is 12.1 Å². The SMILES string of the molecule is CCC(CC)n1c(N)nc2ccc(F)c(F)c21. The summed E-state index contributed by atoms with van der Waals surface area (Å²) in [4.78, 5) is 4.07. The molecule has 5 heteroatoms. The molecular formula is C12H15F2N3. The van der Waals surface area contributed by atoms with E-state index in [1.807, 2.05) is 13.8 Å². The highest BCUT2D eigenvalue weighted by molar-refractivity contribution is 5.79. The number of halogens is 2. The molecule has 0 unspecified atom stereocenters. The van der Waals surface area contributed by atoms with Crippen LogP contribution in [0, 0.1) is 11.6 Å². The molecule has 17 heavy (non-hydrogen) atoms. The van der Waals surface area contributed by atoms with Gasteiger partial charge in [-0.1, -0.05) is 13.8 Å². The van der Waals surface area contributed by atoms with E-state index in [9.17, 15) is 8.78 Å². The van der Waals surface area contributed by atoms with Crippen LogP contribution in [0.1, 0.15) is 32.7 Å². The molecule has 2 aromatic rings. The van der Waals surface area contributed by atoms with Crippen LogP contribution in [0.3, 0.4) is 0 Å². The first-order valence-electron chi connectivity index (χ1n) is 5.71. The summed E-state index contributed by atoms with van der Waals surface area (Å²) < 4.78 is 28.7. The molecule has 0 aliphatic heterocycles. The van der Waals surface area contributed by atoms with E-state index in [1.54, 1.807) is 4.57 Å². The summed E-state index contributed by atoms with van der Waals surface area (Å²) in [6.07, 6.45) is 1.59. The second-order valence-electron chi connectivity index (χ2n) is 4.04. The maximum Gasteiger partial charge on any atom is 0.201 e. The summed E-state index contributed by atoms with van der Waals surface area (Å²) >= 11 is 0. The molecule has 0 amide bonds. The number of benzene rings is 1. The highest BCUT2D eigenvalue weighted by Crippen LogP contribution is 2.29. The van der Waals surface area contributed by atoms with Gasteiger partial charge < -0.3 is 10.3 Å². The van der Waals surface area contributed by atoms with Gasteiger partial charge in [-0.25, -0.2) is 13.8 Å². The number of imidazole rings is 1. The Morgan fingerprint density at radius 3 is 2.53 bits per heavy atom. The standard InChI is InChI=1S/C12H15F2N3/c1-3-7(4-2)17-11-9(16-12(17)15)6-5-8(13)10(11)14/h5-7H,3-4H2,1-2H3,(H2,15,16). The van der Waals surface area contributed by atoms with Gasteiger partial charge in [-0.2, -0.15) is 0 Å². The van der Waals surface area contributed by atoms with Crippen LogP contribution in [0.5, 0.6) is 0 Å². The molecule has 0 atom stereocenters. The Balaban J connectivity index is 2.77. The summed E-state index contributed by atoms with van der Waals surface area (Å²) in [5, 5.41) is 0. The van der Waals surface area contributed by atoms with E-state index in [2.05, 4.69) is 4.98 Å². The van der Waals surface area contributed by atoms with Crippen molar-refractivity contribution in [1.29, 1.82) is 0 Å². The van der Waals surface area contributed by atoms with Gasteiger partial charge >= 0.3 is 0 Å². The maximum absolute atomic E-state index is 13.8. The Morgan fingerprint density at radius 2 is 1.94 bits per heavy atom. The fourth-order valence-electron chi connectivity index (χ4n) is 2.16. The minimum absolute atomic E-state index is 0.0382. The molecule has 2 N–H and O–H groups in total. The number of anilines is 1. The summed E-state index contributed by atoms with van der Waals surface area (Å²) in [6, 6.07) is 2.56. The zero-order chi connectivity index (χ0) is 12.6. The minimum Gasteiger partial charge on any atom is -0.369 e. The maximum atomic E-state index is 13.8. The number of hydrogen-bond donors (Lipinski definition) is 1. The third-order valence-corrected chi connectivity index (χ3v) is 3.08. The van der Waals surface area contributed by atoms with Crippen LogP contribution in [0.2, 0.25) is 0 Å². The monoisotopic (exact) mass is 239 g/mol. The first-order valence-corrected chi connectivity index (χ1v) is 5.71. The lowest BCUT2D eigenvalue weighted by Gasteiger charge is -2.17. The van der Waals surface area contributed by atoms with Gasteiger partial charge in [0.1, 0.15) is 5.52 Å². The number of nitrogens with zero attached hydrogens (tertiary/aromatic N) is 2. The molecule has 0 bridgehead atoms. The molecule has 0 fully saturated rings. The molecule has 0 radical (unpaired) electrons. The van der Waals surface area contributed by atoms with Crippen molar-refractivity contribution in [2.24, 2.45) is 0 Å². The van der Waals surface area contributed by atoms with E-state index in [4.69, 9.17) is 5.73 Å². The molecule has 92 valence electrons. The largest absolute Gasteiger partial charge is 0.369 e. The number of hydrogen-bond acceptors (Lipinski definition) is 2. The average molecular weight is 239 g/mol. The molecule has 1 heterocycles. The van der Waals surface area contributed by atoms with Crippen LogP contribution < -0.4 is 5.73 Å². The highest BCUT2D eigenvalue weighted by atomic mass is 19.2. The topological polar surface area (TPSA) is 43.8 Å². The molecule has 0 saturated carbocycles. The van der Waals surface area contributed by atoms with Gasteiger partial charge in [0.15, 0.2) is 11.6 Å². The quantitative estimate of drug-likeness (QED) is 0.893. The van der Waals surface area contributed by atoms with Crippen molar-refractivity contribution in [3.8, 4) is 0 Å². The molecule has 1 aromatic heterocycles. The van der Waals surface area contributed by atoms with E-state index >= 15 is 0 Å². The predicted octanol–water partition coefficient (Wildman–Crippen LogP) is 3.26. The molecule has 0 saturated heterocycles. The van der Waals surface area contributed by atoms with Crippen molar-refractivity contribution < 1.29 is 8.78 Å². The number of rotatable bonds is 3. The number of nitrogens with two attached hydrogens (primary N) is 1. The zero-order valence-corrected chi connectivity index (χ0v) is 9.87. The van der Waals surface area contributed by atoms with Crippen molar-refractivity contribution in [1.82, 2.24) is 9.55 Å². The first kappa shape index (κ1) is 11.8. The van der Waals surface area contributed by atoms with E-state index < -0.39 is 11.6 Å². The van der Waals surface area contributed by atoms with Crippen LogP contribution in [-0.2, 0) is 0 Å². The fraction of sp³-hybridized carbons (Fsp3) is 0.417. The van der Waals surface area contributed by atoms with Gasteiger partial charge in [-0.3, -0.25) is 0 Å². The Labute approximate surface area is 98.2 Å². The summed E-state index contributed by atoms with van der Waals surface area (Å²) in [5.74, 6) is -1.51. The molecule has 3 nitrogen and oxygen atoms in total. The van der Waals surface area contributed by atoms with E-state index in [0.29, 0.717) is 5.52 Å². The predicted molar refractivity (Wildman–Crippen MR) is 63.7 cm³/mol. The number of aromatic nitrogens is 2. The molecular weight excluding hydrogens is 224 g/mol. The summed E-state index contributed by atoms with van der Waals surface area (Å²) in [7, 11) is 0. The second-order valence-corrected chi connectivity index (χ2v) is 4.04. The summed E-state index contributed by atoms with van der Waals surface area (Å²) in [6.45, 7) is 3.97. The highest BCUT2D eigenvalue weighted by Gasteiger charge is 2.19. The van der Waals surface area contributed by atoms with Crippen molar-refractivity contribution in [3.05, 3.63) is 23.8 Å². The Morgan fingerprint density at radius 1 is 1.29 bits per heavy atom. The van der Waals surface area contributed by atoms with Crippen LogP contribution in [-0.4, -0.2) is 9.55 Å². The van der Waals surface area contributed by atoms with Gasteiger partial charge in [0, 0.05) is 6.04 Å². The molecule has 1 aromatic carbocycles. The molecule has 0 aliphatic carbocycles.